The van der Waals surface area contributed by atoms with Crippen LogP contribution in [0.3, 0.4) is 0 Å². The fraction of sp³-hybridized carbons (Fsp3) is 0.345. The maximum Gasteiger partial charge on any atom is 0.321 e. The van der Waals surface area contributed by atoms with E-state index in [-0.39, 0.29) is 18.2 Å². The molecule has 0 aliphatic carbocycles. The van der Waals surface area contributed by atoms with Crippen LogP contribution in [-0.2, 0) is 11.3 Å². The lowest BCUT2D eigenvalue weighted by atomic mass is 10.1. The standard InChI is InChI=1S/C29H32ClF2N3O5/c1-37-25-15-21(16-26(38-2)28(25)39-3)33-29(36)35-13-11-34(12-14-35)17-27(19-7-9-20(30)10-8-19)40-18-22-23(31)5-4-6-24(22)32/h4-10,15-16,27H,11-14,17-18H2,1-3H3,(H,33,36)/t27-/m0/s1. The fourth-order valence-electron chi connectivity index (χ4n) is 4.51. The number of nitrogens with one attached hydrogen (secondary N) is 1. The number of hydrogen-bond acceptors (Lipinski definition) is 6. The van der Waals surface area contributed by atoms with E-state index in [4.69, 9.17) is 30.5 Å². The first-order chi connectivity index (χ1) is 19.3. The molecule has 1 aliphatic rings. The van der Waals surface area contributed by atoms with E-state index in [2.05, 4.69) is 10.2 Å². The Hall–Kier alpha value is -3.60. The highest BCUT2D eigenvalue weighted by Gasteiger charge is 2.25. The van der Waals surface area contributed by atoms with Crippen LogP contribution in [-0.4, -0.2) is 69.9 Å². The second-order valence-electron chi connectivity index (χ2n) is 9.18. The van der Waals surface area contributed by atoms with Crippen molar-refractivity contribution >= 4 is 23.3 Å². The van der Waals surface area contributed by atoms with Gasteiger partial charge in [-0.05, 0) is 29.8 Å². The van der Waals surface area contributed by atoms with Crippen molar-refractivity contribution in [3.63, 3.8) is 0 Å². The fourth-order valence-corrected chi connectivity index (χ4v) is 4.64. The Morgan fingerprint density at radius 1 is 0.925 bits per heavy atom. The van der Waals surface area contributed by atoms with Crippen LogP contribution in [0.1, 0.15) is 17.2 Å². The number of nitrogens with zero attached hydrogens (tertiary/aromatic N) is 2. The third-order valence-electron chi connectivity index (χ3n) is 6.73. The Labute approximate surface area is 237 Å². The molecular weight excluding hydrogens is 544 g/mol. The van der Waals surface area contributed by atoms with Crippen molar-refractivity contribution in [2.45, 2.75) is 12.7 Å². The summed E-state index contributed by atoms with van der Waals surface area (Å²) in [5.74, 6) is 0.00549. The van der Waals surface area contributed by atoms with Crippen LogP contribution in [0.2, 0.25) is 5.02 Å². The highest BCUT2D eigenvalue weighted by Crippen LogP contribution is 2.40. The number of amides is 2. The Morgan fingerprint density at radius 2 is 1.52 bits per heavy atom. The molecule has 3 aromatic rings. The van der Waals surface area contributed by atoms with Crippen LogP contribution in [0.4, 0.5) is 19.3 Å². The highest BCUT2D eigenvalue weighted by atomic mass is 35.5. The molecule has 1 fully saturated rings. The number of rotatable bonds is 10. The van der Waals surface area contributed by atoms with Gasteiger partial charge in [0.2, 0.25) is 5.75 Å². The molecule has 1 N–H and O–H groups in total. The second kappa shape index (κ2) is 13.6. The van der Waals surface area contributed by atoms with Crippen molar-refractivity contribution < 1.29 is 32.5 Å². The van der Waals surface area contributed by atoms with Gasteiger partial charge in [-0.25, -0.2) is 13.6 Å². The molecule has 1 heterocycles. The van der Waals surface area contributed by atoms with Gasteiger partial charge in [0.25, 0.3) is 0 Å². The van der Waals surface area contributed by atoms with E-state index in [1.807, 2.05) is 12.1 Å². The topological polar surface area (TPSA) is 72.5 Å². The minimum absolute atomic E-state index is 0.116. The first-order valence-electron chi connectivity index (χ1n) is 12.7. The predicted molar refractivity (Wildman–Crippen MR) is 148 cm³/mol. The number of ether oxygens (including phenoxy) is 4. The van der Waals surface area contributed by atoms with E-state index in [9.17, 15) is 13.6 Å². The van der Waals surface area contributed by atoms with Crippen molar-refractivity contribution in [1.29, 1.82) is 0 Å². The van der Waals surface area contributed by atoms with Crippen molar-refractivity contribution in [1.82, 2.24) is 9.80 Å². The van der Waals surface area contributed by atoms with Gasteiger partial charge >= 0.3 is 6.03 Å². The number of halogens is 3. The average Bonchev–Trinajstić information content (AvgIpc) is 2.96. The Morgan fingerprint density at radius 3 is 2.08 bits per heavy atom. The van der Waals surface area contributed by atoms with Crippen LogP contribution in [0.25, 0.3) is 0 Å². The summed E-state index contributed by atoms with van der Waals surface area (Å²) in [6.07, 6.45) is -0.462. The minimum Gasteiger partial charge on any atom is -0.493 e. The molecule has 1 aliphatic heterocycles. The molecule has 0 saturated carbocycles. The smallest absolute Gasteiger partial charge is 0.321 e. The van der Waals surface area contributed by atoms with Crippen LogP contribution in [0, 0.1) is 11.6 Å². The molecule has 2 amide bonds. The summed E-state index contributed by atoms with van der Waals surface area (Å²) >= 11 is 6.06. The molecule has 0 radical (unpaired) electrons. The molecule has 214 valence electrons. The second-order valence-corrected chi connectivity index (χ2v) is 9.62. The molecule has 11 heteroatoms. The summed E-state index contributed by atoms with van der Waals surface area (Å²) in [5, 5.41) is 3.47. The zero-order valence-corrected chi connectivity index (χ0v) is 23.3. The van der Waals surface area contributed by atoms with E-state index in [1.165, 1.54) is 39.5 Å². The van der Waals surface area contributed by atoms with Gasteiger partial charge in [-0.3, -0.25) is 4.90 Å². The third kappa shape index (κ3) is 7.12. The van der Waals surface area contributed by atoms with Crippen LogP contribution in [0.5, 0.6) is 17.2 Å². The summed E-state index contributed by atoms with van der Waals surface area (Å²) in [7, 11) is 4.53. The molecule has 8 nitrogen and oxygen atoms in total. The summed E-state index contributed by atoms with van der Waals surface area (Å²) in [6.45, 7) is 2.38. The SMILES string of the molecule is COc1cc(NC(=O)N2CCN(C[C@H](OCc3c(F)cccc3F)c3ccc(Cl)cc3)CC2)cc(OC)c1OC. The van der Waals surface area contributed by atoms with E-state index < -0.39 is 17.7 Å². The zero-order chi connectivity index (χ0) is 28.6. The summed E-state index contributed by atoms with van der Waals surface area (Å²) < 4.78 is 50.5. The lowest BCUT2D eigenvalue weighted by molar-refractivity contribution is 0.00376. The summed E-state index contributed by atoms with van der Waals surface area (Å²) in [5.41, 5.74) is 1.23. The van der Waals surface area contributed by atoms with Gasteiger partial charge in [-0.15, -0.1) is 0 Å². The van der Waals surface area contributed by atoms with E-state index in [1.54, 1.807) is 29.2 Å². The molecule has 0 aromatic heterocycles. The maximum atomic E-state index is 14.2. The van der Waals surface area contributed by atoms with Gasteiger partial charge in [-0.2, -0.15) is 0 Å². The minimum atomic E-state index is -0.651. The Bertz CT molecular complexity index is 1260. The molecule has 1 saturated heterocycles. The van der Waals surface area contributed by atoms with Crippen molar-refractivity contribution in [2.24, 2.45) is 0 Å². The number of carbonyl (C=O) groups excluding carboxylic acids is 1. The van der Waals surface area contributed by atoms with Gasteiger partial charge in [-0.1, -0.05) is 29.8 Å². The van der Waals surface area contributed by atoms with Gasteiger partial charge in [0.1, 0.15) is 11.6 Å². The monoisotopic (exact) mass is 575 g/mol. The van der Waals surface area contributed by atoms with Gasteiger partial charge < -0.3 is 29.2 Å². The summed E-state index contributed by atoms with van der Waals surface area (Å²) in [4.78, 5) is 16.9. The first-order valence-corrected chi connectivity index (χ1v) is 13.1. The van der Waals surface area contributed by atoms with E-state index in [0.29, 0.717) is 60.7 Å². The van der Waals surface area contributed by atoms with Crippen LogP contribution in [0.15, 0.2) is 54.6 Å². The molecule has 0 unspecified atom stereocenters. The van der Waals surface area contributed by atoms with Gasteiger partial charge in [0.05, 0.1) is 39.7 Å². The molecule has 3 aromatic carbocycles. The lowest BCUT2D eigenvalue weighted by Crippen LogP contribution is -2.50. The number of benzene rings is 3. The van der Waals surface area contributed by atoms with Crippen LogP contribution < -0.4 is 19.5 Å². The Balaban J connectivity index is 1.38. The van der Waals surface area contributed by atoms with Gasteiger partial charge in [0, 0.05) is 55.4 Å². The Kier molecular flexibility index (Phi) is 10.0. The van der Waals surface area contributed by atoms with Crippen molar-refractivity contribution in [2.75, 3.05) is 59.4 Å². The number of hydrogen-bond donors (Lipinski definition) is 1. The number of methoxy groups -OCH3 is 3. The van der Waals surface area contributed by atoms with Crippen molar-refractivity contribution in [3.05, 3.63) is 82.4 Å². The van der Waals surface area contributed by atoms with Crippen molar-refractivity contribution in [3.8, 4) is 17.2 Å². The third-order valence-corrected chi connectivity index (χ3v) is 6.98. The molecule has 4 rings (SSSR count). The molecule has 0 bridgehead atoms. The molecule has 40 heavy (non-hydrogen) atoms. The van der Waals surface area contributed by atoms with E-state index in [0.717, 1.165) is 5.56 Å². The normalized spacial score (nSPS) is 14.5. The molecule has 1 atom stereocenters. The largest absolute Gasteiger partial charge is 0.493 e. The number of anilines is 1. The van der Waals surface area contributed by atoms with Gasteiger partial charge in [0.15, 0.2) is 11.5 Å². The molecular formula is C29H32ClF2N3O5. The quantitative estimate of drug-likeness (QED) is 0.332. The van der Waals surface area contributed by atoms with Crippen LogP contribution >= 0.6 is 11.6 Å². The lowest BCUT2D eigenvalue weighted by Gasteiger charge is -2.36. The van der Waals surface area contributed by atoms with E-state index >= 15 is 0 Å². The average molecular weight is 576 g/mol. The first kappa shape index (κ1) is 29.4. The maximum absolute atomic E-state index is 14.2. The highest BCUT2D eigenvalue weighted by molar-refractivity contribution is 6.30. The number of carbonyl (C=O) groups is 1. The number of piperazine rings is 1. The number of urea groups is 1. The summed E-state index contributed by atoms with van der Waals surface area (Å²) in [6, 6.07) is 14.0. The zero-order valence-electron chi connectivity index (χ0n) is 22.6. The molecule has 0 spiro atoms. The predicted octanol–water partition coefficient (Wildman–Crippen LogP) is 5.75.